The Labute approximate surface area is 136 Å². The zero-order valence-electron chi connectivity index (χ0n) is 13.1. The van der Waals surface area contributed by atoms with Gasteiger partial charge in [0.15, 0.2) is 0 Å². The van der Waals surface area contributed by atoms with E-state index in [0.29, 0.717) is 11.6 Å². The molecule has 3 rings (SSSR count). The van der Waals surface area contributed by atoms with E-state index in [4.69, 9.17) is 22.1 Å². The van der Waals surface area contributed by atoms with Crippen LogP contribution in [-0.2, 0) is 16.1 Å². The summed E-state index contributed by atoms with van der Waals surface area (Å²) in [4.78, 5) is 12.8. The molecule has 1 aliphatic heterocycles. The van der Waals surface area contributed by atoms with Gasteiger partial charge in [-0.05, 0) is 24.5 Å². The van der Waals surface area contributed by atoms with Crippen molar-refractivity contribution in [3.05, 3.63) is 34.9 Å². The predicted octanol–water partition coefficient (Wildman–Crippen LogP) is 2.49. The molecule has 22 heavy (non-hydrogen) atoms. The van der Waals surface area contributed by atoms with Gasteiger partial charge in [0.2, 0.25) is 5.91 Å². The summed E-state index contributed by atoms with van der Waals surface area (Å²) < 4.78 is 5.84. The van der Waals surface area contributed by atoms with Gasteiger partial charge in [0.25, 0.3) is 0 Å². The lowest BCUT2D eigenvalue weighted by Gasteiger charge is -2.65. The summed E-state index contributed by atoms with van der Waals surface area (Å²) in [5.74, 6) is -0.00772. The first kappa shape index (κ1) is 15.8. The Kier molecular flexibility index (Phi) is 3.96. The number of nitrogens with two attached hydrogens (primary N) is 1. The molecule has 120 valence electrons. The fraction of sp³-hybridized carbons (Fsp3) is 0.588. The largest absolute Gasteiger partial charge is 0.377 e. The summed E-state index contributed by atoms with van der Waals surface area (Å²) in [5, 5.41) is 3.62. The third-order valence-electron chi connectivity index (χ3n) is 5.46. The molecule has 1 aliphatic carbocycles. The summed E-state index contributed by atoms with van der Waals surface area (Å²) in [6.45, 7) is 5.21. The van der Waals surface area contributed by atoms with Crippen LogP contribution < -0.4 is 11.1 Å². The number of ether oxygens (including phenoxy) is 1. The number of hydrogen-bond acceptors (Lipinski definition) is 3. The Morgan fingerprint density at radius 2 is 2.18 bits per heavy atom. The zero-order valence-corrected chi connectivity index (χ0v) is 13.8. The van der Waals surface area contributed by atoms with Crippen LogP contribution in [0.5, 0.6) is 0 Å². The van der Waals surface area contributed by atoms with E-state index in [2.05, 4.69) is 5.32 Å². The van der Waals surface area contributed by atoms with Crippen LogP contribution in [0.1, 0.15) is 32.3 Å². The smallest absolute Gasteiger partial charge is 0.241 e. The number of benzene rings is 1. The van der Waals surface area contributed by atoms with Crippen molar-refractivity contribution in [2.45, 2.75) is 44.9 Å². The summed E-state index contributed by atoms with van der Waals surface area (Å²) in [6.07, 6.45) is 2.00. The van der Waals surface area contributed by atoms with Crippen molar-refractivity contribution in [3.63, 3.8) is 0 Å². The van der Waals surface area contributed by atoms with Gasteiger partial charge >= 0.3 is 0 Å². The van der Waals surface area contributed by atoms with Crippen LogP contribution in [0.4, 0.5) is 0 Å². The van der Waals surface area contributed by atoms with Gasteiger partial charge in [-0.15, -0.1) is 0 Å². The van der Waals surface area contributed by atoms with Crippen molar-refractivity contribution in [2.24, 2.45) is 17.1 Å². The van der Waals surface area contributed by atoms with Crippen LogP contribution in [0.15, 0.2) is 24.3 Å². The van der Waals surface area contributed by atoms with Crippen LogP contribution in [-0.4, -0.2) is 24.2 Å². The topological polar surface area (TPSA) is 64.3 Å². The number of rotatable bonds is 3. The molecule has 0 radical (unpaired) electrons. The molecule has 1 heterocycles. The van der Waals surface area contributed by atoms with Crippen molar-refractivity contribution >= 4 is 17.5 Å². The summed E-state index contributed by atoms with van der Waals surface area (Å²) in [6, 6.07) is 7.50. The molecule has 4 nitrogen and oxygen atoms in total. The molecule has 1 saturated heterocycles. The van der Waals surface area contributed by atoms with Crippen molar-refractivity contribution in [1.82, 2.24) is 5.32 Å². The third kappa shape index (κ3) is 2.16. The van der Waals surface area contributed by atoms with Gasteiger partial charge in [-0.25, -0.2) is 0 Å². The molecule has 2 fully saturated rings. The van der Waals surface area contributed by atoms with E-state index in [0.717, 1.165) is 25.0 Å². The predicted molar refractivity (Wildman–Crippen MR) is 86.5 cm³/mol. The fourth-order valence-corrected chi connectivity index (χ4v) is 4.20. The first-order chi connectivity index (χ1) is 10.4. The normalized spacial score (nSPS) is 32.7. The van der Waals surface area contributed by atoms with Crippen molar-refractivity contribution < 1.29 is 9.53 Å². The van der Waals surface area contributed by atoms with Crippen LogP contribution in [0.2, 0.25) is 5.02 Å². The molecule has 1 amide bonds. The van der Waals surface area contributed by atoms with Gasteiger partial charge in [0.05, 0.1) is 6.10 Å². The standard InChI is InChI=1S/C17H23ClN2O2/c1-16(2)14-12(7-5-9-22-14)17(16,19)15(21)20-10-11-6-3-4-8-13(11)18/h3-4,6,8,12,14H,5,7,9-10,19H2,1-2H3,(H,20,21). The quantitative estimate of drug-likeness (QED) is 0.898. The maximum Gasteiger partial charge on any atom is 0.241 e. The molecule has 3 N–H and O–H groups in total. The number of hydrogen-bond donors (Lipinski definition) is 2. The van der Waals surface area contributed by atoms with E-state index >= 15 is 0 Å². The highest BCUT2D eigenvalue weighted by molar-refractivity contribution is 6.31. The zero-order chi connectivity index (χ0) is 16.0. The maximum atomic E-state index is 12.8. The average Bonchev–Trinajstić information content (AvgIpc) is 2.53. The van der Waals surface area contributed by atoms with Gasteiger partial charge in [-0.3, -0.25) is 4.79 Å². The van der Waals surface area contributed by atoms with E-state index in [-0.39, 0.29) is 23.3 Å². The Bertz CT molecular complexity index is 590. The fourth-order valence-electron chi connectivity index (χ4n) is 4.00. The number of carbonyl (C=O) groups excluding carboxylic acids is 1. The van der Waals surface area contributed by atoms with E-state index in [1.807, 2.05) is 38.1 Å². The SMILES string of the molecule is CC1(C)C2OCCCC2C1(N)C(=O)NCc1ccccc1Cl. The van der Waals surface area contributed by atoms with E-state index in [9.17, 15) is 4.79 Å². The number of nitrogens with one attached hydrogen (secondary N) is 1. The minimum Gasteiger partial charge on any atom is -0.377 e. The number of amides is 1. The lowest BCUT2D eigenvalue weighted by molar-refractivity contribution is -0.225. The van der Waals surface area contributed by atoms with Gasteiger partial charge in [-0.2, -0.15) is 0 Å². The Morgan fingerprint density at radius 1 is 1.45 bits per heavy atom. The second kappa shape index (κ2) is 5.52. The Morgan fingerprint density at radius 3 is 2.91 bits per heavy atom. The lowest BCUT2D eigenvalue weighted by atomic mass is 9.46. The molecular weight excluding hydrogens is 300 g/mol. The second-order valence-corrected chi connectivity index (χ2v) is 7.31. The van der Waals surface area contributed by atoms with Gasteiger partial charge in [-0.1, -0.05) is 43.6 Å². The molecule has 1 aromatic rings. The van der Waals surface area contributed by atoms with Gasteiger partial charge in [0.1, 0.15) is 5.54 Å². The van der Waals surface area contributed by atoms with E-state index in [1.165, 1.54) is 0 Å². The maximum absolute atomic E-state index is 12.8. The van der Waals surface area contributed by atoms with Crippen molar-refractivity contribution in [3.8, 4) is 0 Å². The number of carbonyl (C=O) groups is 1. The number of fused-ring (bicyclic) bond motifs is 1. The molecule has 3 atom stereocenters. The first-order valence-electron chi connectivity index (χ1n) is 7.81. The van der Waals surface area contributed by atoms with Crippen LogP contribution in [0.25, 0.3) is 0 Å². The van der Waals surface area contributed by atoms with Gasteiger partial charge in [0, 0.05) is 29.5 Å². The molecule has 1 saturated carbocycles. The molecule has 0 bridgehead atoms. The summed E-state index contributed by atoms with van der Waals surface area (Å²) >= 11 is 6.13. The second-order valence-electron chi connectivity index (χ2n) is 6.90. The minimum absolute atomic E-state index is 0.0808. The highest BCUT2D eigenvalue weighted by Crippen LogP contribution is 2.57. The Balaban J connectivity index is 1.73. The molecular formula is C17H23ClN2O2. The molecule has 5 heteroatoms. The Hall–Kier alpha value is -1.10. The van der Waals surface area contributed by atoms with Crippen molar-refractivity contribution in [1.29, 1.82) is 0 Å². The first-order valence-corrected chi connectivity index (χ1v) is 8.19. The van der Waals surface area contributed by atoms with Crippen LogP contribution >= 0.6 is 11.6 Å². The average molecular weight is 323 g/mol. The third-order valence-corrected chi connectivity index (χ3v) is 5.83. The molecule has 0 aromatic heterocycles. The molecule has 0 spiro atoms. The molecule has 3 unspecified atom stereocenters. The molecule has 2 aliphatic rings. The number of halogens is 1. The monoisotopic (exact) mass is 322 g/mol. The van der Waals surface area contributed by atoms with Crippen molar-refractivity contribution in [2.75, 3.05) is 6.61 Å². The van der Waals surface area contributed by atoms with E-state index < -0.39 is 5.54 Å². The lowest BCUT2D eigenvalue weighted by Crippen LogP contribution is -2.82. The van der Waals surface area contributed by atoms with Crippen LogP contribution in [0, 0.1) is 11.3 Å². The van der Waals surface area contributed by atoms with Crippen LogP contribution in [0.3, 0.4) is 0 Å². The summed E-state index contributed by atoms with van der Waals surface area (Å²) in [7, 11) is 0. The minimum atomic E-state index is -0.876. The highest BCUT2D eigenvalue weighted by Gasteiger charge is 2.70. The summed E-state index contributed by atoms with van der Waals surface area (Å²) in [5.41, 5.74) is 6.22. The van der Waals surface area contributed by atoms with Gasteiger partial charge < -0.3 is 15.8 Å². The van der Waals surface area contributed by atoms with E-state index in [1.54, 1.807) is 0 Å². The molecule has 1 aromatic carbocycles. The highest BCUT2D eigenvalue weighted by atomic mass is 35.5.